The van der Waals surface area contributed by atoms with E-state index in [1.807, 2.05) is 22.6 Å². The first-order valence-corrected chi connectivity index (χ1v) is 7.89. The average molecular weight is 463 g/mol. The third-order valence-electron chi connectivity index (χ3n) is 3.37. The van der Waals surface area contributed by atoms with E-state index in [2.05, 4.69) is 5.32 Å². The molecule has 3 rings (SSSR count). The molecular formula is C16H9F3INO4. The Morgan fingerprint density at radius 2 is 1.80 bits per heavy atom. The summed E-state index contributed by atoms with van der Waals surface area (Å²) in [5, 5.41) is 11.6. The highest BCUT2D eigenvalue weighted by molar-refractivity contribution is 14.1. The molecular weight excluding hydrogens is 454 g/mol. The highest BCUT2D eigenvalue weighted by Gasteiger charge is 2.29. The van der Waals surface area contributed by atoms with Gasteiger partial charge in [-0.2, -0.15) is 0 Å². The molecule has 0 aromatic heterocycles. The predicted molar refractivity (Wildman–Crippen MR) is 89.8 cm³/mol. The highest BCUT2D eigenvalue weighted by Crippen LogP contribution is 2.35. The van der Waals surface area contributed by atoms with Crippen molar-refractivity contribution in [3.63, 3.8) is 0 Å². The molecule has 130 valence electrons. The largest absolute Gasteiger partial charge is 0.478 e. The predicted octanol–water partition coefficient (Wildman–Crippen LogP) is 4.67. The van der Waals surface area contributed by atoms with Crippen LogP contribution in [0.3, 0.4) is 0 Å². The summed E-state index contributed by atoms with van der Waals surface area (Å²) in [6.45, 7) is 0. The minimum Gasteiger partial charge on any atom is -0.478 e. The minimum atomic E-state index is -1.53. The van der Waals surface area contributed by atoms with E-state index in [0.717, 1.165) is 24.7 Å². The van der Waals surface area contributed by atoms with Gasteiger partial charge in [0.1, 0.15) is 18.3 Å². The zero-order chi connectivity index (χ0) is 18.1. The summed E-state index contributed by atoms with van der Waals surface area (Å²) in [4.78, 5) is 11.5. The fourth-order valence-electron chi connectivity index (χ4n) is 2.22. The zero-order valence-electron chi connectivity index (χ0n) is 12.2. The molecule has 2 N–H and O–H groups in total. The molecule has 0 spiro atoms. The number of hydrogen-bond donors (Lipinski definition) is 2. The second kappa shape index (κ2) is 6.82. The van der Waals surface area contributed by atoms with Crippen molar-refractivity contribution in [1.82, 2.24) is 0 Å². The Bertz CT molecular complexity index is 880. The molecule has 0 atom stereocenters. The Morgan fingerprint density at radius 1 is 1.12 bits per heavy atom. The topological polar surface area (TPSA) is 67.8 Å². The van der Waals surface area contributed by atoms with Crippen LogP contribution in [0.2, 0.25) is 0 Å². The molecule has 5 nitrogen and oxygen atoms in total. The van der Waals surface area contributed by atoms with Gasteiger partial charge in [0.25, 0.3) is 6.29 Å². The molecule has 1 heterocycles. The van der Waals surface area contributed by atoms with Crippen LogP contribution >= 0.6 is 22.6 Å². The van der Waals surface area contributed by atoms with Crippen molar-refractivity contribution in [2.24, 2.45) is 0 Å². The van der Waals surface area contributed by atoms with Crippen LogP contribution in [0.5, 0.6) is 0 Å². The average Bonchev–Trinajstić information content (AvgIpc) is 3.08. The normalized spacial score (nSPS) is 13.4. The molecule has 0 fully saturated rings. The number of aromatic carboxylic acids is 1. The lowest BCUT2D eigenvalue weighted by molar-refractivity contribution is -0.0275. The van der Waals surface area contributed by atoms with Crippen molar-refractivity contribution in [1.29, 1.82) is 0 Å². The number of ether oxygens (including phenoxy) is 2. The summed E-state index contributed by atoms with van der Waals surface area (Å²) in [5.74, 6) is -5.10. The molecule has 1 aliphatic rings. The molecule has 0 saturated carbocycles. The smallest absolute Gasteiger partial charge is 0.337 e. The number of benzene rings is 2. The molecule has 0 saturated heterocycles. The Balaban J connectivity index is 2.09. The Morgan fingerprint density at radius 3 is 2.40 bits per heavy atom. The summed E-state index contributed by atoms with van der Waals surface area (Å²) < 4.78 is 53.2. The number of halogens is 4. The van der Waals surface area contributed by atoms with Gasteiger partial charge in [-0.25, -0.2) is 18.0 Å². The summed E-state index contributed by atoms with van der Waals surface area (Å²) in [5.41, 5.74) is -1.90. The van der Waals surface area contributed by atoms with Gasteiger partial charge in [0, 0.05) is 3.57 Å². The molecule has 0 aliphatic carbocycles. The third-order valence-corrected chi connectivity index (χ3v) is 4.04. The second-order valence-corrected chi connectivity index (χ2v) is 6.19. The molecule has 25 heavy (non-hydrogen) atoms. The molecule has 2 aromatic carbocycles. The van der Waals surface area contributed by atoms with E-state index in [4.69, 9.17) is 9.47 Å². The van der Waals surface area contributed by atoms with Crippen LogP contribution in [0, 0.1) is 21.0 Å². The van der Waals surface area contributed by atoms with Gasteiger partial charge in [-0.05, 0) is 46.9 Å². The minimum absolute atomic E-state index is 0.191. The summed E-state index contributed by atoms with van der Waals surface area (Å²) in [7, 11) is 0. The van der Waals surface area contributed by atoms with E-state index >= 15 is 0 Å². The van der Waals surface area contributed by atoms with Crippen LogP contribution in [0.1, 0.15) is 22.2 Å². The monoisotopic (exact) mass is 463 g/mol. The maximum absolute atomic E-state index is 14.5. The van der Waals surface area contributed by atoms with Gasteiger partial charge in [0.05, 0.1) is 22.5 Å². The van der Waals surface area contributed by atoms with Crippen molar-refractivity contribution < 1.29 is 32.5 Å². The van der Waals surface area contributed by atoms with Crippen molar-refractivity contribution in [3.05, 3.63) is 68.9 Å². The number of carboxylic acid groups (broad SMARTS) is 1. The number of rotatable bonds is 4. The second-order valence-electron chi connectivity index (χ2n) is 4.95. The Kier molecular flexibility index (Phi) is 4.75. The van der Waals surface area contributed by atoms with Gasteiger partial charge in [0.2, 0.25) is 0 Å². The third kappa shape index (κ3) is 3.36. The number of hydrogen-bond acceptors (Lipinski definition) is 4. The number of nitrogens with one attached hydrogen (secondary N) is 1. The maximum atomic E-state index is 14.5. The van der Waals surface area contributed by atoms with Gasteiger partial charge >= 0.3 is 5.97 Å². The van der Waals surface area contributed by atoms with Gasteiger partial charge in [-0.1, -0.05) is 0 Å². The zero-order valence-corrected chi connectivity index (χ0v) is 14.4. The quantitative estimate of drug-likeness (QED) is 0.646. The van der Waals surface area contributed by atoms with Crippen LogP contribution in [0.25, 0.3) is 0 Å². The van der Waals surface area contributed by atoms with Gasteiger partial charge in [-0.3, -0.25) is 0 Å². The van der Waals surface area contributed by atoms with Crippen LogP contribution in [-0.4, -0.2) is 11.1 Å². The van der Waals surface area contributed by atoms with E-state index in [0.29, 0.717) is 3.57 Å². The van der Waals surface area contributed by atoms with E-state index < -0.39 is 46.5 Å². The molecule has 9 heteroatoms. The van der Waals surface area contributed by atoms with Crippen LogP contribution in [0.4, 0.5) is 24.5 Å². The van der Waals surface area contributed by atoms with Gasteiger partial charge < -0.3 is 19.9 Å². The van der Waals surface area contributed by atoms with Crippen LogP contribution in [0.15, 0.2) is 36.8 Å². The molecule has 0 unspecified atom stereocenters. The number of carboxylic acids is 1. The molecule has 0 amide bonds. The van der Waals surface area contributed by atoms with Crippen molar-refractivity contribution in [2.45, 2.75) is 6.29 Å². The summed E-state index contributed by atoms with van der Waals surface area (Å²) >= 11 is 1.88. The Hall–Kier alpha value is -2.43. The first-order chi connectivity index (χ1) is 11.9. The van der Waals surface area contributed by atoms with E-state index in [1.54, 1.807) is 0 Å². The van der Waals surface area contributed by atoms with E-state index in [1.165, 1.54) is 12.1 Å². The molecule has 0 bridgehead atoms. The standard InChI is InChI=1S/C16H9F3INO4/c17-10-5-7(20)1-2-11(10)21-14-9(15(22)23)6-8(12(18)13(14)19)16-24-3-4-25-16/h1-6,16,21H,(H,22,23). The van der Waals surface area contributed by atoms with E-state index in [9.17, 15) is 23.1 Å². The summed E-state index contributed by atoms with van der Waals surface area (Å²) in [6, 6.07) is 4.87. The number of anilines is 2. The molecule has 0 radical (unpaired) electrons. The van der Waals surface area contributed by atoms with Gasteiger partial charge in [0.15, 0.2) is 11.6 Å². The number of carbonyl (C=O) groups is 1. The first-order valence-electron chi connectivity index (χ1n) is 6.81. The fraction of sp³-hybridized carbons (Fsp3) is 0.0625. The summed E-state index contributed by atoms with van der Waals surface area (Å²) in [6.07, 6.45) is 0.946. The SMILES string of the molecule is O=C(O)c1cc(C2OC=CO2)c(F)c(F)c1Nc1ccc(I)cc1F. The van der Waals surface area contributed by atoms with Crippen molar-refractivity contribution in [2.75, 3.05) is 5.32 Å². The van der Waals surface area contributed by atoms with E-state index in [-0.39, 0.29) is 5.69 Å². The lowest BCUT2D eigenvalue weighted by atomic mass is 10.1. The highest BCUT2D eigenvalue weighted by atomic mass is 127. The first kappa shape index (κ1) is 17.4. The van der Waals surface area contributed by atoms with Gasteiger partial charge in [-0.15, -0.1) is 0 Å². The van der Waals surface area contributed by atoms with Crippen molar-refractivity contribution in [3.8, 4) is 0 Å². The molecule has 2 aromatic rings. The molecule has 1 aliphatic heterocycles. The van der Waals surface area contributed by atoms with Crippen LogP contribution in [-0.2, 0) is 9.47 Å². The Labute approximate surface area is 153 Å². The lowest BCUT2D eigenvalue weighted by Gasteiger charge is -2.17. The van der Waals surface area contributed by atoms with Crippen LogP contribution < -0.4 is 5.32 Å². The lowest BCUT2D eigenvalue weighted by Crippen LogP contribution is -2.12. The van der Waals surface area contributed by atoms with Crippen molar-refractivity contribution >= 4 is 39.9 Å². The fourth-order valence-corrected chi connectivity index (χ4v) is 2.67. The maximum Gasteiger partial charge on any atom is 0.337 e.